The Kier molecular flexibility index (Phi) is 4.59. The van der Waals surface area contributed by atoms with Crippen LogP contribution in [0.2, 0.25) is 0 Å². The van der Waals surface area contributed by atoms with Crippen molar-refractivity contribution in [3.05, 3.63) is 48.3 Å². The highest BCUT2D eigenvalue weighted by atomic mass is 32.2. The normalized spacial score (nSPS) is 14.5. The monoisotopic (exact) mass is 362 g/mol. The van der Waals surface area contributed by atoms with Crippen molar-refractivity contribution < 1.29 is 0 Å². The van der Waals surface area contributed by atoms with Crippen LogP contribution >= 0.6 is 11.8 Å². The molecule has 6 nitrogen and oxygen atoms in total. The number of fused-ring (bicyclic) bond motifs is 1. The van der Waals surface area contributed by atoms with Crippen molar-refractivity contribution in [2.75, 3.05) is 42.2 Å². The van der Waals surface area contributed by atoms with Gasteiger partial charge in [-0.3, -0.25) is 0 Å². The van der Waals surface area contributed by atoms with Gasteiger partial charge in [0.25, 0.3) is 0 Å². The quantitative estimate of drug-likeness (QED) is 0.664. The summed E-state index contributed by atoms with van der Waals surface area (Å²) >= 11 is 1.52. The maximum atomic E-state index is 9.79. The lowest BCUT2D eigenvalue weighted by atomic mass is 10.1. The van der Waals surface area contributed by atoms with E-state index in [1.54, 1.807) is 12.4 Å². The first-order valence-corrected chi connectivity index (χ1v) is 9.68. The molecule has 2 aromatic heterocycles. The molecule has 3 aromatic rings. The van der Waals surface area contributed by atoms with E-state index in [2.05, 4.69) is 36.9 Å². The van der Waals surface area contributed by atoms with Crippen molar-refractivity contribution in [2.45, 2.75) is 5.03 Å². The molecule has 0 unspecified atom stereocenters. The number of para-hydroxylation sites is 1. The average Bonchev–Trinajstić information content (AvgIpc) is 2.73. The Labute approximate surface area is 156 Å². The van der Waals surface area contributed by atoms with Gasteiger partial charge in [0.2, 0.25) is 5.95 Å². The van der Waals surface area contributed by atoms with Crippen molar-refractivity contribution in [3.8, 4) is 6.07 Å². The third kappa shape index (κ3) is 2.93. The number of anilines is 2. The Morgan fingerprint density at radius 2 is 1.69 bits per heavy atom. The fourth-order valence-electron chi connectivity index (χ4n) is 3.33. The van der Waals surface area contributed by atoms with E-state index in [0.717, 1.165) is 53.7 Å². The van der Waals surface area contributed by atoms with E-state index in [9.17, 15) is 5.26 Å². The van der Waals surface area contributed by atoms with Gasteiger partial charge in [-0.15, -0.1) is 11.8 Å². The molecule has 0 N–H and O–H groups in total. The van der Waals surface area contributed by atoms with Gasteiger partial charge in [0.15, 0.2) is 0 Å². The number of aromatic nitrogens is 3. The Morgan fingerprint density at radius 3 is 2.38 bits per heavy atom. The maximum Gasteiger partial charge on any atom is 0.225 e. The summed E-state index contributed by atoms with van der Waals surface area (Å²) in [6.07, 6.45) is 5.50. The van der Waals surface area contributed by atoms with E-state index >= 15 is 0 Å². The smallest absolute Gasteiger partial charge is 0.225 e. The van der Waals surface area contributed by atoms with Crippen LogP contribution in [-0.4, -0.2) is 47.4 Å². The van der Waals surface area contributed by atoms with Crippen LogP contribution in [0.15, 0.2) is 47.8 Å². The molecule has 7 heteroatoms. The number of nitriles is 1. The van der Waals surface area contributed by atoms with Gasteiger partial charge < -0.3 is 9.80 Å². The van der Waals surface area contributed by atoms with E-state index in [-0.39, 0.29) is 0 Å². The summed E-state index contributed by atoms with van der Waals surface area (Å²) < 4.78 is 0. The SMILES string of the molecule is CSc1nc2ccccc2c(N2CCN(c3ncccn3)CC2)c1C#N. The summed E-state index contributed by atoms with van der Waals surface area (Å²) in [5.41, 5.74) is 2.59. The summed E-state index contributed by atoms with van der Waals surface area (Å²) in [5, 5.41) is 11.6. The number of hydrogen-bond donors (Lipinski definition) is 0. The van der Waals surface area contributed by atoms with Crippen LogP contribution in [0.1, 0.15) is 5.56 Å². The Balaban J connectivity index is 1.70. The zero-order valence-electron chi connectivity index (χ0n) is 14.5. The zero-order valence-corrected chi connectivity index (χ0v) is 15.3. The van der Waals surface area contributed by atoms with Crippen LogP contribution in [0.25, 0.3) is 10.9 Å². The van der Waals surface area contributed by atoms with Crippen molar-refractivity contribution in [3.63, 3.8) is 0 Å². The first-order valence-electron chi connectivity index (χ1n) is 8.45. The molecule has 1 aliphatic rings. The lowest BCUT2D eigenvalue weighted by molar-refractivity contribution is 0.640. The minimum absolute atomic E-state index is 0.667. The highest BCUT2D eigenvalue weighted by molar-refractivity contribution is 7.98. The van der Waals surface area contributed by atoms with Gasteiger partial charge in [-0.1, -0.05) is 18.2 Å². The zero-order chi connectivity index (χ0) is 17.9. The predicted octanol–water partition coefficient (Wildman–Crippen LogP) is 2.94. The number of nitrogens with zero attached hydrogens (tertiary/aromatic N) is 6. The summed E-state index contributed by atoms with van der Waals surface area (Å²) in [5.74, 6) is 0.761. The van der Waals surface area contributed by atoms with Gasteiger partial charge in [-0.2, -0.15) is 5.26 Å². The Bertz CT molecular complexity index is 961. The minimum Gasteiger partial charge on any atom is -0.366 e. The highest BCUT2D eigenvalue weighted by Gasteiger charge is 2.24. The molecule has 0 amide bonds. The number of piperazine rings is 1. The largest absolute Gasteiger partial charge is 0.366 e. The van der Waals surface area contributed by atoms with Gasteiger partial charge >= 0.3 is 0 Å². The minimum atomic E-state index is 0.667. The molecule has 1 saturated heterocycles. The molecule has 0 spiro atoms. The molecule has 0 bridgehead atoms. The van der Waals surface area contributed by atoms with Crippen molar-refractivity contribution in [2.24, 2.45) is 0 Å². The number of rotatable bonds is 3. The molecule has 3 heterocycles. The molecular weight excluding hydrogens is 344 g/mol. The van der Waals surface area contributed by atoms with Gasteiger partial charge in [0, 0.05) is 44.0 Å². The van der Waals surface area contributed by atoms with Crippen LogP contribution in [0.4, 0.5) is 11.6 Å². The van der Waals surface area contributed by atoms with E-state index in [0.29, 0.717) is 5.56 Å². The molecular formula is C19H18N6S. The van der Waals surface area contributed by atoms with Crippen LogP contribution < -0.4 is 9.80 Å². The molecule has 1 aromatic carbocycles. The summed E-state index contributed by atoms with van der Waals surface area (Å²) in [6, 6.07) is 12.3. The second-order valence-electron chi connectivity index (χ2n) is 6.00. The lowest BCUT2D eigenvalue weighted by Gasteiger charge is -2.37. The van der Waals surface area contributed by atoms with Gasteiger partial charge in [0.1, 0.15) is 16.7 Å². The summed E-state index contributed by atoms with van der Waals surface area (Å²) in [6.45, 7) is 3.27. The second kappa shape index (κ2) is 7.18. The third-order valence-corrected chi connectivity index (χ3v) is 5.25. The van der Waals surface area contributed by atoms with Crippen molar-refractivity contribution >= 4 is 34.3 Å². The third-order valence-electron chi connectivity index (χ3n) is 4.57. The van der Waals surface area contributed by atoms with Crippen LogP contribution in [0.3, 0.4) is 0 Å². The van der Waals surface area contributed by atoms with Gasteiger partial charge in [0.05, 0.1) is 11.2 Å². The van der Waals surface area contributed by atoms with Crippen LogP contribution in [0.5, 0.6) is 0 Å². The van der Waals surface area contributed by atoms with E-state index in [4.69, 9.17) is 0 Å². The molecule has 0 atom stereocenters. The topological polar surface area (TPSA) is 68.9 Å². The average molecular weight is 362 g/mol. The van der Waals surface area contributed by atoms with Crippen molar-refractivity contribution in [1.29, 1.82) is 5.26 Å². The molecule has 1 fully saturated rings. The molecule has 130 valence electrons. The number of benzene rings is 1. The van der Waals surface area contributed by atoms with Crippen LogP contribution in [0, 0.1) is 11.3 Å². The van der Waals surface area contributed by atoms with Crippen molar-refractivity contribution in [1.82, 2.24) is 15.0 Å². The Hall–Kier alpha value is -2.85. The molecule has 0 aliphatic carbocycles. The molecule has 0 saturated carbocycles. The fourth-order valence-corrected chi connectivity index (χ4v) is 3.87. The maximum absolute atomic E-state index is 9.79. The molecule has 1 aliphatic heterocycles. The second-order valence-corrected chi connectivity index (χ2v) is 6.79. The fraction of sp³-hybridized carbons (Fsp3) is 0.263. The number of pyridine rings is 1. The number of hydrogen-bond acceptors (Lipinski definition) is 7. The van der Waals surface area contributed by atoms with E-state index in [1.165, 1.54) is 11.8 Å². The molecule has 0 radical (unpaired) electrons. The first kappa shape index (κ1) is 16.6. The van der Waals surface area contributed by atoms with E-state index < -0.39 is 0 Å². The highest BCUT2D eigenvalue weighted by Crippen LogP contribution is 2.35. The van der Waals surface area contributed by atoms with Crippen LogP contribution in [-0.2, 0) is 0 Å². The van der Waals surface area contributed by atoms with E-state index in [1.807, 2.05) is 30.5 Å². The molecule has 4 rings (SSSR count). The molecule has 26 heavy (non-hydrogen) atoms. The Morgan fingerprint density at radius 1 is 1.00 bits per heavy atom. The van der Waals surface area contributed by atoms with Gasteiger partial charge in [-0.05, 0) is 18.4 Å². The van der Waals surface area contributed by atoms with Gasteiger partial charge in [-0.25, -0.2) is 15.0 Å². The summed E-state index contributed by atoms with van der Waals surface area (Å²) in [4.78, 5) is 17.8. The predicted molar refractivity (Wildman–Crippen MR) is 105 cm³/mol. The lowest BCUT2D eigenvalue weighted by Crippen LogP contribution is -2.47. The first-order chi connectivity index (χ1) is 12.8. The standard InChI is InChI=1S/C19H18N6S/c1-26-18-15(13-20)17(14-5-2-3-6-16(14)23-18)24-9-11-25(12-10-24)19-21-7-4-8-22-19/h2-8H,9-12H2,1H3. The summed E-state index contributed by atoms with van der Waals surface area (Å²) in [7, 11) is 0. The number of thioether (sulfide) groups is 1.